The molecule has 0 radical (unpaired) electrons. The van der Waals surface area contributed by atoms with Crippen LogP contribution < -0.4 is 15.9 Å². The van der Waals surface area contributed by atoms with Gasteiger partial charge in [-0.05, 0) is 37.3 Å². The number of para-hydroxylation sites is 1. The normalized spacial score (nSPS) is 21.2. The van der Waals surface area contributed by atoms with Crippen molar-refractivity contribution in [2.24, 2.45) is 0 Å². The third-order valence-electron chi connectivity index (χ3n) is 7.33. The van der Waals surface area contributed by atoms with Gasteiger partial charge in [0, 0.05) is 42.9 Å². The van der Waals surface area contributed by atoms with Gasteiger partial charge in [-0.3, -0.25) is 29.3 Å². The highest BCUT2D eigenvalue weighted by Gasteiger charge is 2.31. The maximum atomic E-state index is 13.3. The van der Waals surface area contributed by atoms with Crippen molar-refractivity contribution in [1.82, 2.24) is 29.6 Å². The molecule has 9 heteroatoms. The average Bonchev–Trinajstić information content (AvgIpc) is 3.40. The highest BCUT2D eigenvalue weighted by Crippen LogP contribution is 2.34. The van der Waals surface area contributed by atoms with Crippen LogP contribution in [0.3, 0.4) is 0 Å². The lowest BCUT2D eigenvalue weighted by atomic mass is 10.1. The summed E-state index contributed by atoms with van der Waals surface area (Å²) in [6, 6.07) is 15.3. The third kappa shape index (κ3) is 3.27. The van der Waals surface area contributed by atoms with Gasteiger partial charge in [-0.25, -0.2) is 4.98 Å². The number of pyridine rings is 1. The van der Waals surface area contributed by atoms with Crippen LogP contribution in [0.5, 0.6) is 5.75 Å². The maximum absolute atomic E-state index is 13.3. The Kier molecular flexibility index (Phi) is 4.62. The molecule has 5 heterocycles. The molecule has 1 saturated heterocycles. The number of aromatic amines is 2. The molecule has 2 N–H and O–H groups in total. The van der Waals surface area contributed by atoms with E-state index in [-0.39, 0.29) is 22.9 Å². The van der Waals surface area contributed by atoms with Gasteiger partial charge in [0.2, 0.25) is 0 Å². The van der Waals surface area contributed by atoms with Gasteiger partial charge in [0.05, 0.1) is 28.7 Å². The van der Waals surface area contributed by atoms with E-state index in [1.165, 1.54) is 0 Å². The molecule has 0 amide bonds. The molecule has 2 aliphatic heterocycles. The Hall–Kier alpha value is -4.24. The van der Waals surface area contributed by atoms with E-state index in [9.17, 15) is 9.59 Å². The molecular formula is C27H24N6O3. The van der Waals surface area contributed by atoms with Gasteiger partial charge in [0.25, 0.3) is 11.1 Å². The van der Waals surface area contributed by atoms with Crippen LogP contribution in [-0.2, 0) is 6.54 Å². The first-order valence-electron chi connectivity index (χ1n) is 12.2. The summed E-state index contributed by atoms with van der Waals surface area (Å²) >= 11 is 0. The first-order valence-corrected chi connectivity index (χ1v) is 12.2. The Balaban J connectivity index is 1.52. The number of H-pyrrole nitrogens is 2. The van der Waals surface area contributed by atoms with E-state index >= 15 is 0 Å². The molecule has 180 valence electrons. The van der Waals surface area contributed by atoms with Gasteiger partial charge in [-0.2, -0.15) is 0 Å². The van der Waals surface area contributed by atoms with E-state index in [4.69, 9.17) is 9.72 Å². The van der Waals surface area contributed by atoms with E-state index in [0.717, 1.165) is 30.8 Å². The predicted molar refractivity (Wildman–Crippen MR) is 137 cm³/mol. The topological polar surface area (TPSA) is 109 Å². The Morgan fingerprint density at radius 2 is 2.00 bits per heavy atom. The Morgan fingerprint density at radius 3 is 2.86 bits per heavy atom. The van der Waals surface area contributed by atoms with Gasteiger partial charge in [-0.15, -0.1) is 0 Å². The number of aromatic nitrogens is 5. The van der Waals surface area contributed by atoms with E-state index in [1.54, 1.807) is 23.0 Å². The first-order chi connectivity index (χ1) is 17.5. The summed E-state index contributed by atoms with van der Waals surface area (Å²) in [4.78, 5) is 41.1. The molecule has 9 nitrogen and oxygen atoms in total. The maximum Gasteiger partial charge on any atom is 0.275 e. The second kappa shape index (κ2) is 7.89. The predicted octanol–water partition coefficient (Wildman–Crippen LogP) is 3.15. The van der Waals surface area contributed by atoms with Crippen LogP contribution in [0, 0.1) is 0 Å². The lowest BCUT2D eigenvalue weighted by molar-refractivity contribution is 0.195. The van der Waals surface area contributed by atoms with Crippen LogP contribution in [0.2, 0.25) is 0 Å². The molecule has 3 atom stereocenters. The molecule has 3 aromatic heterocycles. The molecule has 1 fully saturated rings. The fourth-order valence-electron chi connectivity index (χ4n) is 5.50. The summed E-state index contributed by atoms with van der Waals surface area (Å²) < 4.78 is 8.21. The molecule has 2 aromatic carbocycles. The fraction of sp³-hybridized carbons (Fsp3) is 0.259. The Bertz CT molecular complexity index is 1750. The van der Waals surface area contributed by atoms with Gasteiger partial charge < -0.3 is 9.72 Å². The summed E-state index contributed by atoms with van der Waals surface area (Å²) in [6.07, 6.45) is 2.56. The van der Waals surface area contributed by atoms with Crippen molar-refractivity contribution in [2.45, 2.75) is 32.0 Å². The van der Waals surface area contributed by atoms with Crippen molar-refractivity contribution in [1.29, 1.82) is 0 Å². The molecule has 0 spiro atoms. The van der Waals surface area contributed by atoms with Crippen molar-refractivity contribution in [2.75, 3.05) is 13.1 Å². The second-order valence-corrected chi connectivity index (χ2v) is 9.62. The quantitative estimate of drug-likeness (QED) is 0.382. The molecule has 2 aliphatic rings. The van der Waals surface area contributed by atoms with E-state index in [2.05, 4.69) is 26.9 Å². The Labute approximate surface area is 205 Å². The van der Waals surface area contributed by atoms with Crippen LogP contribution >= 0.6 is 0 Å². The lowest BCUT2D eigenvalue weighted by Crippen LogP contribution is -2.33. The van der Waals surface area contributed by atoms with Crippen LogP contribution in [0.4, 0.5) is 0 Å². The van der Waals surface area contributed by atoms with Gasteiger partial charge in [0.1, 0.15) is 23.1 Å². The number of rotatable bonds is 1. The van der Waals surface area contributed by atoms with Crippen molar-refractivity contribution < 1.29 is 4.74 Å². The zero-order valence-corrected chi connectivity index (χ0v) is 19.7. The average molecular weight is 481 g/mol. The lowest BCUT2D eigenvalue weighted by Gasteiger charge is -2.21. The van der Waals surface area contributed by atoms with Crippen molar-refractivity contribution in [3.63, 3.8) is 0 Å². The summed E-state index contributed by atoms with van der Waals surface area (Å²) in [5.41, 5.74) is 3.79. The zero-order chi connectivity index (χ0) is 24.4. The standard InChI is InChI=1S/C27H24N6O3/c1-15-11-17-14-32(15)9-10-33-27(35)19-6-4-5-18(23(19)31-33)24-26(34)29-21-12-16(20-7-2-3-8-28-20)13-22(36-17)25(21)30-24/h2-8,12-13,15,17,31H,9-11,14H2,1H3,(H,29,34)/t15-,17?/m1/s1. The summed E-state index contributed by atoms with van der Waals surface area (Å²) in [6.45, 7) is 4.17. The largest absolute Gasteiger partial charge is 0.487 e. The monoisotopic (exact) mass is 480 g/mol. The van der Waals surface area contributed by atoms with Crippen LogP contribution in [0.1, 0.15) is 13.3 Å². The third-order valence-corrected chi connectivity index (χ3v) is 7.33. The van der Waals surface area contributed by atoms with Gasteiger partial charge >= 0.3 is 0 Å². The fourth-order valence-corrected chi connectivity index (χ4v) is 5.50. The molecular weight excluding hydrogens is 456 g/mol. The van der Waals surface area contributed by atoms with E-state index < -0.39 is 0 Å². The molecule has 2 unspecified atom stereocenters. The minimum absolute atomic E-state index is 0.0406. The molecule has 36 heavy (non-hydrogen) atoms. The zero-order valence-electron chi connectivity index (χ0n) is 19.7. The molecule has 7 rings (SSSR count). The molecule has 0 saturated carbocycles. The summed E-state index contributed by atoms with van der Waals surface area (Å²) in [5.74, 6) is 0.611. The highest BCUT2D eigenvalue weighted by molar-refractivity contribution is 5.94. The Morgan fingerprint density at radius 1 is 1.08 bits per heavy atom. The highest BCUT2D eigenvalue weighted by atomic mass is 16.5. The van der Waals surface area contributed by atoms with Crippen molar-refractivity contribution >= 4 is 21.9 Å². The van der Waals surface area contributed by atoms with Crippen molar-refractivity contribution in [3.05, 3.63) is 75.4 Å². The molecule has 5 aromatic rings. The number of nitrogens with one attached hydrogen (secondary N) is 2. The first kappa shape index (κ1) is 21.1. The van der Waals surface area contributed by atoms with Crippen LogP contribution in [-0.4, -0.2) is 54.9 Å². The van der Waals surface area contributed by atoms with E-state index in [1.807, 2.05) is 36.4 Å². The van der Waals surface area contributed by atoms with Gasteiger partial charge in [-0.1, -0.05) is 18.2 Å². The number of hydrogen-bond acceptors (Lipinski definition) is 6. The second-order valence-electron chi connectivity index (χ2n) is 9.62. The minimum Gasteiger partial charge on any atom is -0.487 e. The summed E-state index contributed by atoms with van der Waals surface area (Å²) in [5, 5.41) is 3.79. The van der Waals surface area contributed by atoms with E-state index in [0.29, 0.717) is 45.8 Å². The summed E-state index contributed by atoms with van der Waals surface area (Å²) in [7, 11) is 0. The van der Waals surface area contributed by atoms with Gasteiger partial charge in [0.15, 0.2) is 0 Å². The number of ether oxygens (including phenoxy) is 1. The van der Waals surface area contributed by atoms with Crippen LogP contribution in [0.25, 0.3) is 44.5 Å². The number of hydrogen-bond donors (Lipinski definition) is 2. The molecule has 6 bridgehead atoms. The number of nitrogens with zero attached hydrogens (tertiary/aromatic N) is 4. The minimum atomic E-state index is -0.333. The number of fused-ring (bicyclic) bond motifs is 5. The smallest absolute Gasteiger partial charge is 0.275 e. The SMILES string of the molecule is C[C@@H]1CC2CN1CCn1[nH]c3c(cccc3c1=O)-c1nc3c(cc(-c4ccccn4)cc3[nH]c1=O)O2. The molecule has 0 aliphatic carbocycles. The van der Waals surface area contributed by atoms with Crippen LogP contribution in [0.15, 0.2) is 64.3 Å². The van der Waals surface area contributed by atoms with Crippen molar-refractivity contribution in [3.8, 4) is 28.3 Å². The number of benzene rings is 2.